The van der Waals surface area contributed by atoms with Crippen LogP contribution in [0, 0.1) is 28.6 Å². The molecule has 0 bridgehead atoms. The molecule has 41 heavy (non-hydrogen) atoms. The average molecular weight is 580 g/mol. The van der Waals surface area contributed by atoms with Crippen molar-refractivity contribution in [2.45, 2.75) is 123 Å². The lowest BCUT2D eigenvalue weighted by atomic mass is 9.61. The zero-order chi connectivity index (χ0) is 30.4. The first kappa shape index (κ1) is 32.2. The number of allylic oxidation sites excluding steroid dienone is 6. The fraction of sp³-hybridized carbons (Fsp3) is 0.722. The maximum absolute atomic E-state index is 13.1. The molecule has 0 radical (unpaired) electrons. The highest BCUT2D eigenvalue weighted by atomic mass is 28.4. The van der Waals surface area contributed by atoms with E-state index in [9.17, 15) is 9.59 Å². The fourth-order valence-corrected chi connectivity index (χ4v) is 9.26. The third-order valence-electron chi connectivity index (χ3n) is 11.7. The molecule has 4 aliphatic rings. The maximum atomic E-state index is 13.1. The van der Waals surface area contributed by atoms with Crippen LogP contribution in [-0.2, 0) is 14.0 Å². The SMILES string of the molecule is C=C1CC[C@H](O[Si](C)(C)C(C)(C)C)C/C1=C/C=C1\CCC[C@]2(C)[C@@H]([C@H](C)/C=C/C(=O)C3(C(=O)N(C)C)CC3)CC[C@@H]12. The van der Waals surface area contributed by atoms with Crippen LogP contribution in [0.3, 0.4) is 0 Å². The van der Waals surface area contributed by atoms with E-state index in [1.54, 1.807) is 30.6 Å². The molecule has 0 heterocycles. The molecule has 5 heteroatoms. The Balaban J connectivity index is 1.45. The number of carbonyl (C=O) groups is 2. The van der Waals surface area contributed by atoms with Gasteiger partial charge in [-0.25, -0.2) is 0 Å². The van der Waals surface area contributed by atoms with E-state index in [-0.39, 0.29) is 22.1 Å². The van der Waals surface area contributed by atoms with E-state index in [4.69, 9.17) is 4.43 Å². The zero-order valence-electron chi connectivity index (χ0n) is 27.6. The van der Waals surface area contributed by atoms with Gasteiger partial charge in [-0.3, -0.25) is 9.59 Å². The normalized spacial score (nSPS) is 32.8. The molecule has 4 saturated carbocycles. The Bertz CT molecular complexity index is 1130. The fourth-order valence-electron chi connectivity index (χ4n) is 7.87. The lowest BCUT2D eigenvalue weighted by Gasteiger charge is -2.44. The van der Waals surface area contributed by atoms with E-state index in [0.717, 1.165) is 19.3 Å². The van der Waals surface area contributed by atoms with Crippen LogP contribution in [-0.4, -0.2) is 45.1 Å². The zero-order valence-corrected chi connectivity index (χ0v) is 28.6. The molecular formula is C36H57NO3Si. The first-order valence-electron chi connectivity index (χ1n) is 16.2. The Morgan fingerprint density at radius 2 is 1.76 bits per heavy atom. The van der Waals surface area contributed by atoms with Gasteiger partial charge in [-0.05, 0) is 117 Å². The molecule has 4 fully saturated rings. The van der Waals surface area contributed by atoms with Crippen molar-refractivity contribution in [3.05, 3.63) is 47.6 Å². The number of amides is 1. The van der Waals surface area contributed by atoms with Crippen molar-refractivity contribution < 1.29 is 14.0 Å². The van der Waals surface area contributed by atoms with Crippen LogP contribution in [0.2, 0.25) is 18.1 Å². The summed E-state index contributed by atoms with van der Waals surface area (Å²) in [5.41, 5.74) is 3.74. The van der Waals surface area contributed by atoms with Gasteiger partial charge in [-0.1, -0.05) is 70.6 Å². The maximum Gasteiger partial charge on any atom is 0.236 e. The van der Waals surface area contributed by atoms with Gasteiger partial charge >= 0.3 is 0 Å². The molecule has 0 aromatic heterocycles. The number of hydrogen-bond acceptors (Lipinski definition) is 3. The quantitative estimate of drug-likeness (QED) is 0.164. The van der Waals surface area contributed by atoms with E-state index in [2.05, 4.69) is 72.5 Å². The third kappa shape index (κ3) is 6.46. The summed E-state index contributed by atoms with van der Waals surface area (Å²) >= 11 is 0. The summed E-state index contributed by atoms with van der Waals surface area (Å²) < 4.78 is 6.81. The topological polar surface area (TPSA) is 46.6 Å². The van der Waals surface area contributed by atoms with Gasteiger partial charge in [0.2, 0.25) is 5.91 Å². The monoisotopic (exact) mass is 579 g/mol. The van der Waals surface area contributed by atoms with E-state index >= 15 is 0 Å². The molecule has 4 nitrogen and oxygen atoms in total. The highest BCUT2D eigenvalue weighted by Gasteiger charge is 2.56. The van der Waals surface area contributed by atoms with Gasteiger partial charge in [0.05, 0.1) is 0 Å². The molecule has 0 N–H and O–H groups in total. The van der Waals surface area contributed by atoms with Crippen LogP contribution in [0.4, 0.5) is 0 Å². The predicted molar refractivity (Wildman–Crippen MR) is 173 cm³/mol. The van der Waals surface area contributed by atoms with Crippen LogP contribution in [0.15, 0.2) is 47.6 Å². The molecule has 0 aromatic rings. The Kier molecular flexibility index (Phi) is 9.23. The van der Waals surface area contributed by atoms with Gasteiger partial charge in [0.15, 0.2) is 14.1 Å². The number of ketones is 1. The summed E-state index contributed by atoms with van der Waals surface area (Å²) in [6.45, 7) is 20.9. The van der Waals surface area contributed by atoms with Crippen molar-refractivity contribution in [3.8, 4) is 0 Å². The van der Waals surface area contributed by atoms with Crippen molar-refractivity contribution in [2.75, 3.05) is 14.1 Å². The van der Waals surface area contributed by atoms with Gasteiger partial charge in [-0.2, -0.15) is 0 Å². The molecule has 0 aliphatic heterocycles. The molecule has 0 aromatic carbocycles. The number of nitrogens with zero attached hydrogens (tertiary/aromatic N) is 1. The summed E-state index contributed by atoms with van der Waals surface area (Å²) in [5, 5.41) is 0.224. The Morgan fingerprint density at radius 3 is 2.37 bits per heavy atom. The summed E-state index contributed by atoms with van der Waals surface area (Å²) in [6, 6.07) is 0. The Labute approximate surface area is 251 Å². The number of fused-ring (bicyclic) bond motifs is 1. The predicted octanol–water partition coefficient (Wildman–Crippen LogP) is 8.82. The van der Waals surface area contributed by atoms with Crippen molar-refractivity contribution in [1.82, 2.24) is 4.90 Å². The summed E-state index contributed by atoms with van der Waals surface area (Å²) in [7, 11) is 1.70. The van der Waals surface area contributed by atoms with Crippen LogP contribution in [0.25, 0.3) is 0 Å². The van der Waals surface area contributed by atoms with Crippen molar-refractivity contribution in [3.63, 3.8) is 0 Å². The number of rotatable bonds is 8. The molecular weight excluding hydrogens is 522 g/mol. The second-order valence-corrected chi connectivity index (χ2v) is 20.5. The van der Waals surface area contributed by atoms with Gasteiger partial charge in [0.1, 0.15) is 5.41 Å². The standard InChI is InChI=1S/C36H57NO3Si/c1-25-13-17-29(40-41(9,10)34(3,4)5)24-28(25)16-15-27-12-11-21-35(6)30(18-19-31(27)35)26(2)14-20-32(38)36(22-23-36)33(39)37(7)8/h14-16,20,26,29-31H,1,11-13,17-19,21-24H2,2-10H3/b20-14+,27-15+,28-16-/t26-,29+,30-,31+,35-/m1/s1. The number of hydrogen-bond donors (Lipinski definition) is 0. The van der Waals surface area contributed by atoms with E-state index in [1.807, 2.05) is 0 Å². The van der Waals surface area contributed by atoms with Crippen molar-refractivity contribution in [1.29, 1.82) is 0 Å². The lowest BCUT2D eigenvalue weighted by Crippen LogP contribution is -2.44. The molecule has 1 amide bonds. The first-order valence-corrected chi connectivity index (χ1v) is 19.1. The molecule has 5 atom stereocenters. The molecule has 4 rings (SSSR count). The second-order valence-electron chi connectivity index (χ2n) is 15.7. The van der Waals surface area contributed by atoms with Gasteiger partial charge in [-0.15, -0.1) is 0 Å². The van der Waals surface area contributed by atoms with Crippen molar-refractivity contribution >= 4 is 20.0 Å². The van der Waals surface area contributed by atoms with Gasteiger partial charge in [0.25, 0.3) is 0 Å². The highest BCUT2D eigenvalue weighted by molar-refractivity contribution is 6.74. The van der Waals surface area contributed by atoms with E-state index < -0.39 is 13.7 Å². The minimum absolute atomic E-state index is 0.00199. The van der Waals surface area contributed by atoms with Gasteiger partial charge < -0.3 is 9.33 Å². The van der Waals surface area contributed by atoms with Gasteiger partial charge in [0, 0.05) is 20.2 Å². The third-order valence-corrected chi connectivity index (χ3v) is 16.2. The molecule has 4 aliphatic carbocycles. The second kappa shape index (κ2) is 11.8. The molecule has 0 spiro atoms. The van der Waals surface area contributed by atoms with Crippen LogP contribution < -0.4 is 0 Å². The largest absolute Gasteiger partial charge is 0.414 e. The summed E-state index contributed by atoms with van der Waals surface area (Å²) in [6.07, 6.45) is 19.6. The van der Waals surface area contributed by atoms with Crippen LogP contribution in [0.1, 0.15) is 98.8 Å². The van der Waals surface area contributed by atoms with Crippen LogP contribution >= 0.6 is 0 Å². The van der Waals surface area contributed by atoms with E-state index in [1.165, 1.54) is 43.3 Å². The molecule has 0 saturated heterocycles. The Morgan fingerprint density at radius 1 is 1.07 bits per heavy atom. The summed E-state index contributed by atoms with van der Waals surface area (Å²) in [4.78, 5) is 27.2. The number of carbonyl (C=O) groups excluding carboxylic acids is 2. The minimum Gasteiger partial charge on any atom is -0.414 e. The smallest absolute Gasteiger partial charge is 0.236 e. The highest BCUT2D eigenvalue weighted by Crippen LogP contribution is 2.59. The lowest BCUT2D eigenvalue weighted by molar-refractivity contribution is -0.139. The van der Waals surface area contributed by atoms with E-state index in [0.29, 0.717) is 36.7 Å². The van der Waals surface area contributed by atoms with Crippen LogP contribution in [0.5, 0.6) is 0 Å². The minimum atomic E-state index is -1.79. The van der Waals surface area contributed by atoms with Crippen molar-refractivity contribution in [2.24, 2.45) is 28.6 Å². The Hall–Kier alpha value is -1.72. The average Bonchev–Trinajstić information content (AvgIpc) is 3.62. The molecule has 228 valence electrons. The summed E-state index contributed by atoms with van der Waals surface area (Å²) in [5.74, 6) is 1.44. The molecule has 0 unspecified atom stereocenters. The first-order chi connectivity index (χ1) is 19.0.